The first-order valence-electron chi connectivity index (χ1n) is 15.0. The summed E-state index contributed by atoms with van der Waals surface area (Å²) in [6.07, 6.45) is 19.0. The van der Waals surface area contributed by atoms with Gasteiger partial charge in [0.25, 0.3) is 0 Å². The van der Waals surface area contributed by atoms with Gasteiger partial charge in [-0.05, 0) is 97.2 Å². The van der Waals surface area contributed by atoms with Crippen molar-refractivity contribution in [2.75, 3.05) is 0 Å². The van der Waals surface area contributed by atoms with Crippen LogP contribution in [-0.2, 0) is 0 Å². The van der Waals surface area contributed by atoms with Crippen LogP contribution < -0.4 is 0 Å². The molecular formula is C33H64. The van der Waals surface area contributed by atoms with Crippen LogP contribution in [0.3, 0.4) is 0 Å². The van der Waals surface area contributed by atoms with E-state index in [9.17, 15) is 0 Å². The van der Waals surface area contributed by atoms with Gasteiger partial charge in [0, 0.05) is 0 Å². The Labute approximate surface area is 211 Å². The SMILES string of the molecule is C.CC.CC.CC(C)CCCC(C)C1CCC2C3=CCC4CC(C)CCC4(C)C3CCC21C. The third-order valence-corrected chi connectivity index (χ3v) is 10.5. The molecule has 0 bridgehead atoms. The molecule has 4 aliphatic carbocycles. The van der Waals surface area contributed by atoms with Gasteiger partial charge in [-0.15, -0.1) is 0 Å². The Hall–Kier alpha value is -0.260. The Morgan fingerprint density at radius 2 is 1.45 bits per heavy atom. The number of hydrogen-bond donors (Lipinski definition) is 0. The maximum absolute atomic E-state index is 2.79. The van der Waals surface area contributed by atoms with Crippen LogP contribution in [0.4, 0.5) is 0 Å². The Kier molecular flexibility index (Phi) is 12.3. The smallest absolute Gasteiger partial charge is 0.0143 e. The summed E-state index contributed by atoms with van der Waals surface area (Å²) in [7, 11) is 0. The van der Waals surface area contributed by atoms with Crippen LogP contribution in [0.15, 0.2) is 11.6 Å². The highest BCUT2D eigenvalue weighted by Crippen LogP contribution is 2.67. The molecule has 0 saturated heterocycles. The molecule has 0 N–H and O–H groups in total. The third-order valence-electron chi connectivity index (χ3n) is 10.5. The molecule has 4 aliphatic rings. The zero-order chi connectivity index (χ0) is 24.1. The molecule has 0 aliphatic heterocycles. The molecule has 0 radical (unpaired) electrons. The van der Waals surface area contributed by atoms with Crippen molar-refractivity contribution in [3.63, 3.8) is 0 Å². The van der Waals surface area contributed by atoms with E-state index in [2.05, 4.69) is 47.6 Å². The van der Waals surface area contributed by atoms with Gasteiger partial charge >= 0.3 is 0 Å². The molecule has 0 nitrogen and oxygen atoms in total. The highest BCUT2D eigenvalue weighted by atomic mass is 14.6. The minimum Gasteiger partial charge on any atom is -0.0844 e. The van der Waals surface area contributed by atoms with Crippen molar-refractivity contribution in [3.05, 3.63) is 11.6 Å². The van der Waals surface area contributed by atoms with E-state index in [-0.39, 0.29) is 7.43 Å². The Bertz CT molecular complexity index is 585. The molecule has 8 unspecified atom stereocenters. The molecule has 0 aromatic heterocycles. The maximum Gasteiger partial charge on any atom is -0.0143 e. The van der Waals surface area contributed by atoms with Crippen LogP contribution in [0, 0.1) is 52.3 Å². The van der Waals surface area contributed by atoms with Gasteiger partial charge in [-0.1, -0.05) is 114 Å². The van der Waals surface area contributed by atoms with Crippen molar-refractivity contribution >= 4 is 0 Å². The first kappa shape index (κ1) is 30.8. The van der Waals surface area contributed by atoms with Gasteiger partial charge in [0.15, 0.2) is 0 Å². The minimum atomic E-state index is 0. The summed E-state index contributed by atoms with van der Waals surface area (Å²) in [5.74, 6) is 6.55. The van der Waals surface area contributed by atoms with Crippen molar-refractivity contribution in [1.29, 1.82) is 0 Å². The van der Waals surface area contributed by atoms with Gasteiger partial charge in [-0.2, -0.15) is 0 Å². The molecule has 0 amide bonds. The average molecular weight is 461 g/mol. The van der Waals surface area contributed by atoms with E-state index in [0.717, 1.165) is 41.4 Å². The molecule has 0 spiro atoms. The lowest BCUT2D eigenvalue weighted by molar-refractivity contribution is -0.0187. The van der Waals surface area contributed by atoms with E-state index in [1.165, 1.54) is 70.6 Å². The van der Waals surface area contributed by atoms with E-state index in [0.29, 0.717) is 10.8 Å². The lowest BCUT2D eigenvalue weighted by Gasteiger charge is -2.58. The van der Waals surface area contributed by atoms with E-state index in [1.54, 1.807) is 0 Å². The van der Waals surface area contributed by atoms with Crippen molar-refractivity contribution in [2.45, 2.75) is 147 Å². The first-order chi connectivity index (χ1) is 15.3. The van der Waals surface area contributed by atoms with Gasteiger partial charge < -0.3 is 0 Å². The lowest BCUT2D eigenvalue weighted by Crippen LogP contribution is -2.49. The summed E-state index contributed by atoms with van der Waals surface area (Å²) in [6.45, 7) is 23.3. The molecular weight excluding hydrogens is 396 g/mol. The standard InChI is InChI=1S/C28H48.2C2H6.CH4/c1-19(2)8-7-9-21(4)24-12-13-25-23-11-10-22-18-20(3)14-16-27(22,5)26(23)15-17-28(24,25)6;2*1-2;/h11,19-22,24-26H,7-10,12-18H2,1-6H3;2*1-2H3;1H4. The Balaban J connectivity index is 0.00000103. The lowest BCUT2D eigenvalue weighted by atomic mass is 9.47. The second-order valence-corrected chi connectivity index (χ2v) is 12.7. The molecule has 8 atom stereocenters. The number of fused-ring (bicyclic) bond motifs is 5. The van der Waals surface area contributed by atoms with Crippen LogP contribution in [0.1, 0.15) is 147 Å². The summed E-state index contributed by atoms with van der Waals surface area (Å²) in [4.78, 5) is 0. The molecule has 0 heterocycles. The zero-order valence-electron chi connectivity index (χ0n) is 23.9. The number of rotatable bonds is 5. The number of allylic oxidation sites excluding steroid dienone is 2. The van der Waals surface area contributed by atoms with Gasteiger partial charge in [0.05, 0.1) is 0 Å². The summed E-state index contributed by atoms with van der Waals surface area (Å²) in [6, 6.07) is 0. The fourth-order valence-electron chi connectivity index (χ4n) is 8.75. The van der Waals surface area contributed by atoms with E-state index in [1.807, 2.05) is 33.3 Å². The highest BCUT2D eigenvalue weighted by Gasteiger charge is 2.57. The van der Waals surface area contributed by atoms with Crippen LogP contribution >= 0.6 is 0 Å². The molecule has 0 aromatic rings. The quantitative estimate of drug-likeness (QED) is 0.358. The van der Waals surface area contributed by atoms with E-state index >= 15 is 0 Å². The Morgan fingerprint density at radius 1 is 0.848 bits per heavy atom. The van der Waals surface area contributed by atoms with Crippen LogP contribution in [0.25, 0.3) is 0 Å². The van der Waals surface area contributed by atoms with Gasteiger partial charge in [0.2, 0.25) is 0 Å². The summed E-state index contributed by atoms with van der Waals surface area (Å²) in [5, 5.41) is 0. The monoisotopic (exact) mass is 461 g/mol. The highest BCUT2D eigenvalue weighted by molar-refractivity contribution is 5.27. The van der Waals surface area contributed by atoms with Gasteiger partial charge in [0.1, 0.15) is 0 Å². The molecule has 196 valence electrons. The van der Waals surface area contributed by atoms with E-state index < -0.39 is 0 Å². The predicted molar refractivity (Wildman–Crippen MR) is 152 cm³/mol. The molecule has 0 heteroatoms. The largest absolute Gasteiger partial charge is 0.0844 e. The summed E-state index contributed by atoms with van der Waals surface area (Å²) >= 11 is 0. The summed E-state index contributed by atoms with van der Waals surface area (Å²) < 4.78 is 0. The summed E-state index contributed by atoms with van der Waals surface area (Å²) in [5.41, 5.74) is 3.18. The molecule has 33 heavy (non-hydrogen) atoms. The van der Waals surface area contributed by atoms with Crippen molar-refractivity contribution in [3.8, 4) is 0 Å². The minimum absolute atomic E-state index is 0. The van der Waals surface area contributed by atoms with Gasteiger partial charge in [-0.25, -0.2) is 0 Å². The van der Waals surface area contributed by atoms with Crippen LogP contribution in [0.2, 0.25) is 0 Å². The molecule has 0 aromatic carbocycles. The first-order valence-corrected chi connectivity index (χ1v) is 15.0. The van der Waals surface area contributed by atoms with Crippen molar-refractivity contribution in [2.24, 2.45) is 52.3 Å². The molecule has 3 fully saturated rings. The van der Waals surface area contributed by atoms with Crippen LogP contribution in [-0.4, -0.2) is 0 Å². The molecule has 4 rings (SSSR count). The fraction of sp³-hybridized carbons (Fsp3) is 0.939. The van der Waals surface area contributed by atoms with Crippen LogP contribution in [0.5, 0.6) is 0 Å². The topological polar surface area (TPSA) is 0 Å². The van der Waals surface area contributed by atoms with Crippen molar-refractivity contribution in [1.82, 2.24) is 0 Å². The van der Waals surface area contributed by atoms with E-state index in [4.69, 9.17) is 0 Å². The second-order valence-electron chi connectivity index (χ2n) is 12.7. The second kappa shape index (κ2) is 13.2. The predicted octanol–water partition coefficient (Wildman–Crippen LogP) is 11.4. The Morgan fingerprint density at radius 3 is 2.09 bits per heavy atom. The average Bonchev–Trinajstić information content (AvgIpc) is 3.14. The van der Waals surface area contributed by atoms with Gasteiger partial charge in [-0.3, -0.25) is 0 Å². The number of hydrogen-bond acceptors (Lipinski definition) is 0. The normalized spacial score (nSPS) is 39.8. The molecule has 3 saturated carbocycles. The van der Waals surface area contributed by atoms with Crippen molar-refractivity contribution < 1.29 is 0 Å². The zero-order valence-corrected chi connectivity index (χ0v) is 23.9. The third kappa shape index (κ3) is 6.12. The fourth-order valence-corrected chi connectivity index (χ4v) is 8.75. The maximum atomic E-state index is 2.79.